The van der Waals surface area contributed by atoms with Crippen molar-refractivity contribution in [2.24, 2.45) is 0 Å². The summed E-state index contributed by atoms with van der Waals surface area (Å²) in [6.45, 7) is 2.33. The van der Waals surface area contributed by atoms with Gasteiger partial charge in [0, 0.05) is 12.6 Å². The Morgan fingerprint density at radius 2 is 1.90 bits per heavy atom. The molecular formula is C14H20N2O3S. The fourth-order valence-electron chi connectivity index (χ4n) is 1.98. The highest BCUT2D eigenvalue weighted by atomic mass is 32.2. The van der Waals surface area contributed by atoms with Gasteiger partial charge in [0.05, 0.1) is 12.8 Å². The lowest BCUT2D eigenvalue weighted by atomic mass is 10.1. The molecule has 1 aliphatic rings. The van der Waals surface area contributed by atoms with Crippen LogP contribution in [0, 0.1) is 6.92 Å². The van der Waals surface area contributed by atoms with Gasteiger partial charge in [0.15, 0.2) is 0 Å². The zero-order valence-electron chi connectivity index (χ0n) is 11.8. The minimum absolute atomic E-state index is 0.00937. The molecule has 1 amide bonds. The van der Waals surface area contributed by atoms with Crippen LogP contribution in [0.2, 0.25) is 0 Å². The van der Waals surface area contributed by atoms with Gasteiger partial charge >= 0.3 is 0 Å². The average Bonchev–Trinajstić information content (AvgIpc) is 3.18. The van der Waals surface area contributed by atoms with Crippen molar-refractivity contribution >= 4 is 15.9 Å². The van der Waals surface area contributed by atoms with Gasteiger partial charge in [-0.3, -0.25) is 4.79 Å². The van der Waals surface area contributed by atoms with Crippen LogP contribution in [0.5, 0.6) is 0 Å². The van der Waals surface area contributed by atoms with E-state index in [0.717, 1.165) is 30.2 Å². The van der Waals surface area contributed by atoms with E-state index in [9.17, 15) is 13.2 Å². The molecule has 0 saturated heterocycles. The molecule has 1 N–H and O–H groups in total. The number of rotatable bonds is 6. The first-order valence-electron chi connectivity index (χ1n) is 6.65. The molecule has 0 aliphatic heterocycles. The number of amides is 1. The molecule has 110 valence electrons. The Bertz CT molecular complexity index is 577. The summed E-state index contributed by atoms with van der Waals surface area (Å²) in [5, 5.41) is 2.76. The van der Waals surface area contributed by atoms with Crippen LogP contribution in [0.3, 0.4) is 0 Å². The Labute approximate surface area is 120 Å². The third-order valence-corrected chi connectivity index (χ3v) is 4.57. The lowest BCUT2D eigenvalue weighted by molar-refractivity contribution is -0.121. The maximum atomic E-state index is 11.9. The predicted molar refractivity (Wildman–Crippen MR) is 77.6 cm³/mol. The monoisotopic (exact) mass is 296 g/mol. The summed E-state index contributed by atoms with van der Waals surface area (Å²) in [4.78, 5) is 11.9. The zero-order valence-corrected chi connectivity index (χ0v) is 12.6. The van der Waals surface area contributed by atoms with E-state index in [-0.39, 0.29) is 18.5 Å². The third-order valence-electron chi connectivity index (χ3n) is 3.29. The molecule has 1 fully saturated rings. The van der Waals surface area contributed by atoms with Crippen molar-refractivity contribution in [3.63, 3.8) is 0 Å². The third kappa shape index (κ3) is 4.31. The molecule has 0 radical (unpaired) electrons. The molecule has 5 nitrogen and oxygen atoms in total. The molecule has 0 bridgehead atoms. The minimum atomic E-state index is -3.31. The van der Waals surface area contributed by atoms with Crippen LogP contribution in [0.4, 0.5) is 0 Å². The molecule has 0 heterocycles. The molecular weight excluding hydrogens is 276 g/mol. The van der Waals surface area contributed by atoms with Gasteiger partial charge in [-0.2, -0.15) is 4.31 Å². The number of sulfonamides is 1. The standard InChI is InChI=1S/C14H20N2O3S/c1-11-3-5-12(6-4-11)9-15-14(17)10-16(13-7-8-13)20(2,18)19/h3-6,13H,7-10H2,1-2H3,(H,15,17). The van der Waals surface area contributed by atoms with Crippen LogP contribution in [0.15, 0.2) is 24.3 Å². The SMILES string of the molecule is Cc1ccc(CNC(=O)CN(C2CC2)S(C)(=O)=O)cc1. The highest BCUT2D eigenvalue weighted by Crippen LogP contribution is 2.28. The first-order valence-corrected chi connectivity index (χ1v) is 8.50. The summed E-state index contributed by atoms with van der Waals surface area (Å²) in [5.41, 5.74) is 2.17. The minimum Gasteiger partial charge on any atom is -0.351 e. The van der Waals surface area contributed by atoms with Gasteiger partial charge in [-0.25, -0.2) is 8.42 Å². The predicted octanol–water partition coefficient (Wildman–Crippen LogP) is 1.04. The maximum Gasteiger partial charge on any atom is 0.235 e. The Balaban J connectivity index is 1.87. The Kier molecular flexibility index (Phi) is 4.45. The summed E-state index contributed by atoms with van der Waals surface area (Å²) in [5.74, 6) is -0.261. The highest BCUT2D eigenvalue weighted by Gasteiger charge is 2.36. The van der Waals surface area contributed by atoms with Gasteiger partial charge in [-0.05, 0) is 25.3 Å². The number of hydrogen-bond donors (Lipinski definition) is 1. The Hall–Kier alpha value is -1.40. The number of nitrogens with zero attached hydrogens (tertiary/aromatic N) is 1. The number of aryl methyl sites for hydroxylation is 1. The second-order valence-electron chi connectivity index (χ2n) is 5.30. The van der Waals surface area contributed by atoms with Crippen LogP contribution in [0.1, 0.15) is 24.0 Å². The molecule has 0 spiro atoms. The summed E-state index contributed by atoms with van der Waals surface area (Å²) in [6, 6.07) is 7.87. The molecule has 0 aromatic heterocycles. The normalized spacial score (nSPS) is 15.3. The first-order chi connectivity index (χ1) is 9.36. The lowest BCUT2D eigenvalue weighted by Gasteiger charge is -2.18. The van der Waals surface area contributed by atoms with Crippen molar-refractivity contribution in [2.75, 3.05) is 12.8 Å². The number of carbonyl (C=O) groups excluding carboxylic acids is 1. The zero-order chi connectivity index (χ0) is 14.8. The van der Waals surface area contributed by atoms with Crippen molar-refractivity contribution in [1.82, 2.24) is 9.62 Å². The van der Waals surface area contributed by atoms with Crippen molar-refractivity contribution in [2.45, 2.75) is 32.4 Å². The van der Waals surface area contributed by atoms with E-state index in [2.05, 4.69) is 5.32 Å². The van der Waals surface area contributed by atoms with Crippen LogP contribution in [-0.2, 0) is 21.4 Å². The topological polar surface area (TPSA) is 66.5 Å². The molecule has 20 heavy (non-hydrogen) atoms. The van der Waals surface area contributed by atoms with Gasteiger partial charge in [0.1, 0.15) is 0 Å². The average molecular weight is 296 g/mol. The van der Waals surface area contributed by atoms with E-state index in [1.807, 2.05) is 31.2 Å². The molecule has 1 aliphatic carbocycles. The van der Waals surface area contributed by atoms with Gasteiger partial charge in [0.25, 0.3) is 0 Å². The van der Waals surface area contributed by atoms with Crippen LogP contribution in [0.25, 0.3) is 0 Å². The van der Waals surface area contributed by atoms with Crippen molar-refractivity contribution < 1.29 is 13.2 Å². The van der Waals surface area contributed by atoms with E-state index in [4.69, 9.17) is 0 Å². The lowest BCUT2D eigenvalue weighted by Crippen LogP contribution is -2.41. The van der Waals surface area contributed by atoms with Crippen molar-refractivity contribution in [1.29, 1.82) is 0 Å². The summed E-state index contributed by atoms with van der Waals surface area (Å²) in [6.07, 6.45) is 2.84. The highest BCUT2D eigenvalue weighted by molar-refractivity contribution is 7.88. The van der Waals surface area contributed by atoms with Crippen molar-refractivity contribution in [3.8, 4) is 0 Å². The summed E-state index contributed by atoms with van der Waals surface area (Å²) in [7, 11) is -3.31. The van der Waals surface area contributed by atoms with Gasteiger partial charge in [0.2, 0.25) is 15.9 Å². The fourth-order valence-corrected chi connectivity index (χ4v) is 3.09. The molecule has 6 heteroatoms. The van der Waals surface area contributed by atoms with E-state index >= 15 is 0 Å². The smallest absolute Gasteiger partial charge is 0.235 e. The Morgan fingerprint density at radius 3 is 2.40 bits per heavy atom. The second-order valence-corrected chi connectivity index (χ2v) is 7.24. The second kappa shape index (κ2) is 5.93. The molecule has 0 unspecified atom stereocenters. The Morgan fingerprint density at radius 1 is 1.30 bits per heavy atom. The number of carbonyl (C=O) groups is 1. The van der Waals surface area contributed by atoms with E-state index in [1.54, 1.807) is 0 Å². The fraction of sp³-hybridized carbons (Fsp3) is 0.500. The molecule has 0 atom stereocenters. The van der Waals surface area contributed by atoms with Crippen LogP contribution in [-0.4, -0.2) is 37.5 Å². The van der Waals surface area contributed by atoms with Crippen molar-refractivity contribution in [3.05, 3.63) is 35.4 Å². The maximum absolute atomic E-state index is 11.9. The number of hydrogen-bond acceptors (Lipinski definition) is 3. The van der Waals surface area contributed by atoms with Gasteiger partial charge in [-0.15, -0.1) is 0 Å². The van der Waals surface area contributed by atoms with Crippen LogP contribution < -0.4 is 5.32 Å². The van der Waals surface area contributed by atoms with E-state index in [1.165, 1.54) is 4.31 Å². The van der Waals surface area contributed by atoms with Gasteiger partial charge < -0.3 is 5.32 Å². The summed E-state index contributed by atoms with van der Waals surface area (Å²) >= 11 is 0. The van der Waals surface area contributed by atoms with E-state index in [0.29, 0.717) is 6.54 Å². The number of benzene rings is 1. The molecule has 1 aromatic carbocycles. The van der Waals surface area contributed by atoms with Crippen LogP contribution >= 0.6 is 0 Å². The molecule has 1 aromatic rings. The molecule has 1 saturated carbocycles. The first kappa shape index (κ1) is 15.0. The summed E-state index contributed by atoms with van der Waals surface area (Å²) < 4.78 is 24.5. The van der Waals surface area contributed by atoms with Gasteiger partial charge in [-0.1, -0.05) is 29.8 Å². The van der Waals surface area contributed by atoms with E-state index < -0.39 is 10.0 Å². The molecule has 2 rings (SSSR count). The largest absolute Gasteiger partial charge is 0.351 e. The number of nitrogens with one attached hydrogen (secondary N) is 1. The quantitative estimate of drug-likeness (QED) is 0.853.